The van der Waals surface area contributed by atoms with Gasteiger partial charge < -0.3 is 17.7 Å². The third-order valence-corrected chi connectivity index (χ3v) is 11.8. The third-order valence-electron chi connectivity index (χ3n) is 7.86. The number of phenols is 1. The lowest BCUT2D eigenvalue weighted by molar-refractivity contribution is 0.467. The Labute approximate surface area is 291 Å². The van der Waals surface area contributed by atoms with E-state index in [1.165, 1.54) is 54.6 Å². The van der Waals surface area contributed by atoms with E-state index in [1.54, 1.807) is 60.7 Å². The second-order valence-corrected chi connectivity index (χ2v) is 15.6. The van der Waals surface area contributed by atoms with E-state index in [0.717, 1.165) is 18.2 Å². The molecule has 7 aromatic rings. The smallest absolute Gasteiger partial charge is 0.426 e. The predicted octanol–water partition coefficient (Wildman–Crippen LogP) is 7.64. The summed E-state index contributed by atoms with van der Waals surface area (Å²) in [5.74, 6) is -2.10. The van der Waals surface area contributed by atoms with E-state index < -0.39 is 58.2 Å². The monoisotopic (exact) mass is 739 g/mol. The van der Waals surface area contributed by atoms with Crippen molar-refractivity contribution in [3.05, 3.63) is 138 Å². The van der Waals surface area contributed by atoms with Crippen LogP contribution in [-0.2, 0) is 30.4 Å². The molecule has 0 aliphatic carbocycles. The Bertz CT molecular complexity index is 2780. The van der Waals surface area contributed by atoms with Crippen LogP contribution in [0.2, 0.25) is 0 Å². The van der Waals surface area contributed by atoms with Crippen LogP contribution < -0.4 is 12.5 Å². The van der Waals surface area contributed by atoms with Gasteiger partial charge in [0.2, 0.25) is 11.1 Å². The first kappa shape index (κ1) is 33.3. The number of aromatic hydroxyl groups is 1. The number of diazo groups is 1. The van der Waals surface area contributed by atoms with Gasteiger partial charge >= 0.3 is 36.0 Å². The molecule has 12 nitrogen and oxygen atoms in total. The average molecular weight is 740 g/mol. The second kappa shape index (κ2) is 12.6. The Morgan fingerprint density at radius 1 is 0.451 bits per heavy atom. The van der Waals surface area contributed by atoms with Gasteiger partial charge in [-0.3, -0.25) is 0 Å². The Morgan fingerprint density at radius 3 is 1.27 bits per heavy atom. The molecule has 0 amide bonds. The van der Waals surface area contributed by atoms with Crippen molar-refractivity contribution in [3.8, 4) is 23.0 Å². The SMILES string of the molecule is N#[N+]c1ccc2c(S(=O)(=O)Oc3cc(OS(=O)(=O)c4cccc5ccccc45)cc(OS(=O)(=O)c4cccc5ccccc45)c3)cccc2c1O. The summed E-state index contributed by atoms with van der Waals surface area (Å²) in [5, 5.41) is 21.6. The van der Waals surface area contributed by atoms with Gasteiger partial charge in [0.05, 0.1) is 0 Å². The Morgan fingerprint density at radius 2 is 0.824 bits per heavy atom. The molecule has 0 aliphatic rings. The fraction of sp³-hybridized carbons (Fsp3) is 0. The molecule has 0 heterocycles. The van der Waals surface area contributed by atoms with E-state index in [2.05, 4.69) is 4.98 Å². The molecule has 0 atom stereocenters. The van der Waals surface area contributed by atoms with Gasteiger partial charge in [-0.1, -0.05) is 84.9 Å². The summed E-state index contributed by atoms with van der Waals surface area (Å²) in [6.45, 7) is 0. The number of rotatable bonds is 9. The van der Waals surface area contributed by atoms with Crippen molar-refractivity contribution in [1.29, 1.82) is 5.39 Å². The average Bonchev–Trinajstić information content (AvgIpc) is 3.10. The molecular weight excluding hydrogens is 717 g/mol. The minimum Gasteiger partial charge on any atom is -0.501 e. The van der Waals surface area contributed by atoms with E-state index >= 15 is 0 Å². The highest BCUT2D eigenvalue weighted by Crippen LogP contribution is 2.39. The molecule has 7 rings (SSSR count). The van der Waals surface area contributed by atoms with Gasteiger partial charge in [0.25, 0.3) is 0 Å². The lowest BCUT2D eigenvalue weighted by Gasteiger charge is -2.15. The van der Waals surface area contributed by atoms with Crippen LogP contribution in [0.3, 0.4) is 0 Å². The molecular formula is C36H23N2O10S3+. The number of benzene rings is 7. The highest BCUT2D eigenvalue weighted by atomic mass is 32.2. The van der Waals surface area contributed by atoms with Crippen LogP contribution in [0.5, 0.6) is 23.0 Å². The zero-order chi connectivity index (χ0) is 36.0. The van der Waals surface area contributed by atoms with Crippen molar-refractivity contribution in [2.24, 2.45) is 0 Å². The zero-order valence-electron chi connectivity index (χ0n) is 25.9. The lowest BCUT2D eigenvalue weighted by atomic mass is 10.1. The second-order valence-electron chi connectivity index (χ2n) is 11.1. The third kappa shape index (κ3) is 6.34. The van der Waals surface area contributed by atoms with E-state index in [1.807, 2.05) is 0 Å². The largest absolute Gasteiger partial charge is 0.501 e. The number of hydrogen-bond donors (Lipinski definition) is 1. The Balaban J connectivity index is 1.33. The summed E-state index contributed by atoms with van der Waals surface area (Å²) in [6.07, 6.45) is 0. The summed E-state index contributed by atoms with van der Waals surface area (Å²) >= 11 is 0. The standard InChI is InChI=1S/C36H22N2O10S3/c37-38-32-19-18-30-31(36(32)39)14-7-17-35(30)51(44,45)48-27-21-25(46-49(40,41)33-15-5-10-23-8-1-3-12-28(23)33)20-26(22-27)47-50(42,43)34-16-6-11-24-9-2-4-13-29(24)34/h1-22H/p+1. The number of nitrogens with zero attached hydrogens (tertiary/aromatic N) is 2. The first-order valence-corrected chi connectivity index (χ1v) is 19.1. The van der Waals surface area contributed by atoms with Crippen molar-refractivity contribution in [3.63, 3.8) is 0 Å². The molecule has 0 saturated carbocycles. The summed E-state index contributed by atoms with van der Waals surface area (Å²) in [6, 6.07) is 31.8. The molecule has 0 radical (unpaired) electrons. The van der Waals surface area contributed by atoms with Crippen LogP contribution in [0.25, 0.3) is 37.3 Å². The fourth-order valence-electron chi connectivity index (χ4n) is 5.63. The zero-order valence-corrected chi connectivity index (χ0v) is 28.4. The van der Waals surface area contributed by atoms with E-state index in [9.17, 15) is 35.8 Å². The van der Waals surface area contributed by atoms with Crippen molar-refractivity contribution in [2.45, 2.75) is 14.7 Å². The molecule has 15 heteroatoms. The summed E-state index contributed by atoms with van der Waals surface area (Å²) < 4.78 is 98.3. The first-order chi connectivity index (χ1) is 24.4. The van der Waals surface area contributed by atoms with Crippen LogP contribution in [0.1, 0.15) is 0 Å². The topological polar surface area (TPSA) is 178 Å². The van der Waals surface area contributed by atoms with Gasteiger partial charge in [-0.05, 0) is 35.0 Å². The molecule has 0 fully saturated rings. The van der Waals surface area contributed by atoms with E-state index in [-0.39, 0.29) is 26.3 Å². The maximum absolute atomic E-state index is 13.7. The number of fused-ring (bicyclic) bond motifs is 3. The molecule has 0 saturated heterocycles. The van der Waals surface area contributed by atoms with Gasteiger partial charge in [-0.2, -0.15) is 25.3 Å². The maximum atomic E-state index is 13.7. The Kier molecular flexibility index (Phi) is 8.22. The predicted molar refractivity (Wildman–Crippen MR) is 188 cm³/mol. The molecule has 0 aliphatic heterocycles. The van der Waals surface area contributed by atoms with Gasteiger partial charge in [-0.25, -0.2) is 0 Å². The normalized spacial score (nSPS) is 12.1. The molecule has 0 bridgehead atoms. The molecule has 254 valence electrons. The Hall–Kier alpha value is -6.21. The van der Waals surface area contributed by atoms with Gasteiger partial charge in [-0.15, -0.1) is 0 Å². The van der Waals surface area contributed by atoms with Crippen molar-refractivity contribution in [1.82, 2.24) is 0 Å². The van der Waals surface area contributed by atoms with E-state index in [4.69, 9.17) is 12.5 Å². The molecule has 0 spiro atoms. The minimum absolute atomic E-state index is 0.00310. The lowest BCUT2D eigenvalue weighted by Crippen LogP contribution is -2.14. The number of phenolic OH excluding ortho intramolecular Hbond substituents is 1. The quantitative estimate of drug-likeness (QED) is 0.114. The van der Waals surface area contributed by atoms with Crippen molar-refractivity contribution < 1.29 is 42.9 Å². The first-order valence-electron chi connectivity index (χ1n) is 14.9. The molecule has 7 aromatic carbocycles. The van der Waals surface area contributed by atoms with E-state index in [0.29, 0.717) is 21.5 Å². The van der Waals surface area contributed by atoms with Gasteiger partial charge in [0, 0.05) is 45.8 Å². The van der Waals surface area contributed by atoms with Crippen LogP contribution >= 0.6 is 0 Å². The summed E-state index contributed by atoms with van der Waals surface area (Å²) in [7, 11) is -14.0. The number of hydrogen-bond acceptors (Lipinski definition) is 11. The van der Waals surface area contributed by atoms with Crippen LogP contribution in [0.4, 0.5) is 5.69 Å². The molecule has 1 N–H and O–H groups in total. The minimum atomic E-state index is -4.77. The van der Waals surface area contributed by atoms with Gasteiger partial charge in [0.1, 0.15) is 31.9 Å². The summed E-state index contributed by atoms with van der Waals surface area (Å²) in [5.41, 5.74) is -0.204. The fourth-order valence-corrected chi connectivity index (χ4v) is 9.04. The van der Waals surface area contributed by atoms with Crippen molar-refractivity contribution in [2.75, 3.05) is 0 Å². The molecule has 51 heavy (non-hydrogen) atoms. The maximum Gasteiger partial charge on any atom is 0.426 e. The highest BCUT2D eigenvalue weighted by molar-refractivity contribution is 7.88. The molecule has 0 unspecified atom stereocenters. The van der Waals surface area contributed by atoms with Crippen LogP contribution in [0.15, 0.2) is 148 Å². The molecule has 0 aromatic heterocycles. The van der Waals surface area contributed by atoms with Gasteiger partial charge in [0.15, 0.2) is 4.98 Å². The van der Waals surface area contributed by atoms with Crippen LogP contribution in [0, 0.1) is 5.39 Å². The van der Waals surface area contributed by atoms with Crippen molar-refractivity contribution >= 4 is 68.4 Å². The summed E-state index contributed by atoms with van der Waals surface area (Å²) in [4.78, 5) is 2.16. The highest BCUT2D eigenvalue weighted by Gasteiger charge is 2.27. The van der Waals surface area contributed by atoms with Crippen LogP contribution in [-0.4, -0.2) is 30.4 Å².